The molecule has 0 saturated carbocycles. The van der Waals surface area contributed by atoms with Crippen molar-refractivity contribution in [3.05, 3.63) is 47.7 Å². The van der Waals surface area contributed by atoms with Crippen LogP contribution in [0.4, 0.5) is 8.78 Å². The number of hydrogen-bond donors (Lipinski definition) is 1. The van der Waals surface area contributed by atoms with Crippen LogP contribution in [0.25, 0.3) is 17.0 Å². The van der Waals surface area contributed by atoms with E-state index in [1.54, 1.807) is 18.2 Å². The molecule has 1 fully saturated rings. The number of nitrogens with zero attached hydrogens (tertiary/aromatic N) is 3. The number of aromatic nitrogens is 1. The molecular weight excluding hydrogens is 406 g/mol. The number of amides is 2. The van der Waals surface area contributed by atoms with Crippen LogP contribution in [0, 0.1) is 11.3 Å². The first-order chi connectivity index (χ1) is 14.8. The van der Waals surface area contributed by atoms with Gasteiger partial charge in [0.15, 0.2) is 0 Å². The van der Waals surface area contributed by atoms with Crippen LogP contribution in [0.2, 0.25) is 0 Å². The lowest BCUT2D eigenvalue weighted by Crippen LogP contribution is -2.43. The summed E-state index contributed by atoms with van der Waals surface area (Å²) in [7, 11) is 0. The van der Waals surface area contributed by atoms with Gasteiger partial charge in [-0.1, -0.05) is 18.2 Å². The first-order valence-electron chi connectivity index (χ1n) is 9.83. The molecule has 2 aromatic rings. The standard InChI is InChI=1S/C22H22F2N4O3/c1-2-31-9-3-4-15-5-6-19-18(10-15)17(7-8-26-19)21(30)27-13-20(29)28-14-22(23,24)11-16(28)12-25/h3-8,10,16H,2,9,11,13-14H2,1H3,(H,27,30)/b4-3+/t16-/m0/s1. The zero-order valence-electron chi connectivity index (χ0n) is 17.0. The lowest BCUT2D eigenvalue weighted by atomic mass is 10.0. The molecule has 2 heterocycles. The summed E-state index contributed by atoms with van der Waals surface area (Å²) in [6.45, 7) is 1.68. The Morgan fingerprint density at radius 3 is 2.97 bits per heavy atom. The Morgan fingerprint density at radius 1 is 1.42 bits per heavy atom. The molecule has 3 rings (SSSR count). The number of halogens is 2. The summed E-state index contributed by atoms with van der Waals surface area (Å²) in [5.74, 6) is -4.36. The Labute approximate surface area is 178 Å². The van der Waals surface area contributed by atoms with Gasteiger partial charge in [-0.15, -0.1) is 0 Å². The number of benzene rings is 1. The number of fused-ring (bicyclic) bond motifs is 1. The smallest absolute Gasteiger partial charge is 0.268 e. The topological polar surface area (TPSA) is 95.3 Å². The van der Waals surface area contributed by atoms with Gasteiger partial charge in [-0.3, -0.25) is 14.6 Å². The van der Waals surface area contributed by atoms with E-state index >= 15 is 0 Å². The number of alkyl halides is 2. The third kappa shape index (κ3) is 5.41. The molecule has 1 aromatic heterocycles. The Balaban J connectivity index is 1.72. The summed E-state index contributed by atoms with van der Waals surface area (Å²) < 4.78 is 32.4. The van der Waals surface area contributed by atoms with Crippen molar-refractivity contribution in [3.8, 4) is 6.07 Å². The van der Waals surface area contributed by atoms with E-state index in [0.29, 0.717) is 29.7 Å². The highest BCUT2D eigenvalue weighted by Gasteiger charge is 2.47. The predicted octanol–water partition coefficient (Wildman–Crippen LogP) is 2.77. The van der Waals surface area contributed by atoms with Gasteiger partial charge in [-0.05, 0) is 30.7 Å². The summed E-state index contributed by atoms with van der Waals surface area (Å²) >= 11 is 0. The molecule has 9 heteroatoms. The van der Waals surface area contributed by atoms with Gasteiger partial charge in [0, 0.05) is 24.6 Å². The molecule has 1 aliphatic rings. The van der Waals surface area contributed by atoms with Gasteiger partial charge in [-0.2, -0.15) is 5.26 Å². The molecular formula is C22H22F2N4O3. The fourth-order valence-corrected chi connectivity index (χ4v) is 3.38. The zero-order chi connectivity index (χ0) is 22.4. The molecule has 1 aromatic carbocycles. The highest BCUT2D eigenvalue weighted by Crippen LogP contribution is 2.31. The van der Waals surface area contributed by atoms with Crippen LogP contribution >= 0.6 is 0 Å². The molecule has 0 bridgehead atoms. The maximum absolute atomic E-state index is 13.5. The average Bonchev–Trinajstić information content (AvgIpc) is 3.09. The number of rotatable bonds is 7. The molecule has 2 amide bonds. The summed E-state index contributed by atoms with van der Waals surface area (Å²) in [5, 5.41) is 12.1. The maximum atomic E-state index is 13.5. The van der Waals surface area contributed by atoms with Crippen LogP contribution < -0.4 is 5.32 Å². The van der Waals surface area contributed by atoms with Gasteiger partial charge in [0.05, 0.1) is 36.8 Å². The van der Waals surface area contributed by atoms with E-state index in [2.05, 4.69) is 10.3 Å². The Kier molecular flexibility index (Phi) is 6.92. The van der Waals surface area contributed by atoms with Crippen molar-refractivity contribution in [2.75, 3.05) is 26.3 Å². The van der Waals surface area contributed by atoms with Gasteiger partial charge in [-0.25, -0.2) is 8.78 Å². The van der Waals surface area contributed by atoms with Gasteiger partial charge >= 0.3 is 0 Å². The van der Waals surface area contributed by atoms with Gasteiger partial charge in [0.25, 0.3) is 11.8 Å². The first kappa shape index (κ1) is 22.3. The van der Waals surface area contributed by atoms with Crippen LogP contribution in [0.15, 0.2) is 36.5 Å². The van der Waals surface area contributed by atoms with E-state index in [0.717, 1.165) is 10.5 Å². The summed E-state index contributed by atoms with van der Waals surface area (Å²) in [5.41, 5.74) is 1.76. The monoisotopic (exact) mass is 428 g/mol. The van der Waals surface area contributed by atoms with Crippen LogP contribution in [0.1, 0.15) is 29.3 Å². The predicted molar refractivity (Wildman–Crippen MR) is 110 cm³/mol. The Morgan fingerprint density at radius 2 is 2.23 bits per heavy atom. The molecule has 0 spiro atoms. The number of hydrogen-bond acceptors (Lipinski definition) is 5. The lowest BCUT2D eigenvalue weighted by Gasteiger charge is -2.19. The van der Waals surface area contributed by atoms with Crippen LogP contribution in [0.3, 0.4) is 0 Å². The molecule has 31 heavy (non-hydrogen) atoms. The number of carbonyl (C=O) groups excluding carboxylic acids is 2. The Hall–Kier alpha value is -3.38. The van der Waals surface area contributed by atoms with E-state index < -0.39 is 43.3 Å². The molecule has 1 saturated heterocycles. The van der Waals surface area contributed by atoms with Crippen molar-refractivity contribution in [1.82, 2.24) is 15.2 Å². The van der Waals surface area contributed by atoms with Crippen molar-refractivity contribution in [1.29, 1.82) is 5.26 Å². The minimum Gasteiger partial charge on any atom is -0.378 e. The van der Waals surface area contributed by atoms with Crippen LogP contribution in [-0.2, 0) is 9.53 Å². The van der Waals surface area contributed by atoms with Crippen molar-refractivity contribution in [2.24, 2.45) is 0 Å². The van der Waals surface area contributed by atoms with Crippen LogP contribution in [-0.4, -0.2) is 60.0 Å². The normalized spacial score (nSPS) is 17.7. The zero-order valence-corrected chi connectivity index (χ0v) is 17.0. The number of pyridine rings is 1. The fraction of sp³-hybridized carbons (Fsp3) is 0.364. The van der Waals surface area contributed by atoms with Crippen molar-refractivity contribution >= 4 is 28.8 Å². The largest absolute Gasteiger partial charge is 0.378 e. The van der Waals surface area contributed by atoms with E-state index in [-0.39, 0.29) is 0 Å². The molecule has 0 unspecified atom stereocenters. The average molecular weight is 428 g/mol. The SMILES string of the molecule is CCOC/C=C/c1ccc2nccc(C(=O)NCC(=O)N3CC(F)(F)C[C@H]3C#N)c2c1. The number of ether oxygens (including phenoxy) is 1. The van der Waals surface area contributed by atoms with Gasteiger partial charge in [0.2, 0.25) is 5.91 Å². The van der Waals surface area contributed by atoms with Crippen LogP contribution in [0.5, 0.6) is 0 Å². The van der Waals surface area contributed by atoms with Gasteiger partial charge in [0.1, 0.15) is 6.04 Å². The molecule has 1 aliphatic heterocycles. The van der Waals surface area contributed by atoms with Gasteiger partial charge < -0.3 is 15.0 Å². The first-order valence-corrected chi connectivity index (χ1v) is 9.83. The third-order valence-corrected chi connectivity index (χ3v) is 4.88. The summed E-state index contributed by atoms with van der Waals surface area (Å²) in [6.07, 6.45) is 4.51. The summed E-state index contributed by atoms with van der Waals surface area (Å²) in [4.78, 5) is 30.1. The van der Waals surface area contributed by atoms with E-state index in [1.807, 2.05) is 25.1 Å². The minimum absolute atomic E-state index is 0.307. The maximum Gasteiger partial charge on any atom is 0.268 e. The third-order valence-electron chi connectivity index (χ3n) is 4.88. The molecule has 0 radical (unpaired) electrons. The van der Waals surface area contributed by atoms with E-state index in [4.69, 9.17) is 10.00 Å². The van der Waals surface area contributed by atoms with Crippen molar-refractivity contribution < 1.29 is 23.1 Å². The molecule has 1 N–H and O–H groups in total. The Bertz CT molecular complexity index is 1050. The molecule has 1 atom stereocenters. The quantitative estimate of drug-likeness (QED) is 0.685. The number of nitrogens with one attached hydrogen (secondary N) is 1. The number of likely N-dealkylation sites (tertiary alicyclic amines) is 1. The van der Waals surface area contributed by atoms with Crippen molar-refractivity contribution in [3.63, 3.8) is 0 Å². The second kappa shape index (κ2) is 9.62. The summed E-state index contributed by atoms with van der Waals surface area (Å²) in [6, 6.07) is 7.48. The second-order valence-corrected chi connectivity index (χ2v) is 7.11. The molecule has 0 aliphatic carbocycles. The molecule has 162 valence electrons. The number of carbonyl (C=O) groups is 2. The van der Waals surface area contributed by atoms with Crippen molar-refractivity contribution in [2.45, 2.75) is 25.3 Å². The number of nitriles is 1. The van der Waals surface area contributed by atoms with E-state index in [1.165, 1.54) is 12.3 Å². The molecule has 7 nitrogen and oxygen atoms in total. The highest BCUT2D eigenvalue weighted by atomic mass is 19.3. The highest BCUT2D eigenvalue weighted by molar-refractivity contribution is 6.07. The van der Waals surface area contributed by atoms with E-state index in [9.17, 15) is 18.4 Å². The second-order valence-electron chi connectivity index (χ2n) is 7.11. The minimum atomic E-state index is -3.10. The lowest BCUT2D eigenvalue weighted by molar-refractivity contribution is -0.131. The fourth-order valence-electron chi connectivity index (χ4n) is 3.38.